The normalized spacial score (nSPS) is 14.8. The average Bonchev–Trinajstić information content (AvgIpc) is 2.46. The topological polar surface area (TPSA) is 124 Å². The molecule has 6 nitrogen and oxygen atoms in total. The van der Waals surface area contributed by atoms with Gasteiger partial charge in [0, 0.05) is 6.04 Å². The first-order valence-electron chi connectivity index (χ1n) is 8.45. The minimum Gasteiger partial charge on any atom is -0.383 e. The fraction of sp³-hybridized carbons (Fsp3) is 0.938. The Bertz CT molecular complexity index is 291. The molecule has 0 aliphatic carbocycles. The molecule has 0 aliphatic rings. The van der Waals surface area contributed by atoms with E-state index in [2.05, 4.69) is 6.92 Å². The molecule has 132 valence electrons. The van der Waals surface area contributed by atoms with E-state index in [1.165, 1.54) is 44.9 Å². The summed E-state index contributed by atoms with van der Waals surface area (Å²) >= 11 is 0. The van der Waals surface area contributed by atoms with E-state index in [4.69, 9.17) is 21.1 Å². The summed E-state index contributed by atoms with van der Waals surface area (Å²) in [6, 6.07) is -0.896. The Morgan fingerprint density at radius 1 is 0.909 bits per heavy atom. The first-order chi connectivity index (χ1) is 10.3. The maximum atomic E-state index is 11.2. The van der Waals surface area contributed by atoms with Crippen molar-refractivity contribution in [1.82, 2.24) is 0 Å². The van der Waals surface area contributed by atoms with Crippen LogP contribution in [-0.4, -0.2) is 44.3 Å². The van der Waals surface area contributed by atoms with Crippen LogP contribution in [0.5, 0.6) is 0 Å². The van der Waals surface area contributed by atoms with E-state index < -0.39 is 23.9 Å². The number of Topliss-reactive ketones (excluding diaryl/α,β-unsaturated/α-hetero) is 1. The Morgan fingerprint density at radius 2 is 1.32 bits per heavy atom. The van der Waals surface area contributed by atoms with Crippen LogP contribution in [-0.2, 0) is 4.79 Å². The summed E-state index contributed by atoms with van der Waals surface area (Å²) in [4.78, 5) is 11.2. The molecule has 0 fully saturated rings. The van der Waals surface area contributed by atoms with E-state index in [9.17, 15) is 9.90 Å². The summed E-state index contributed by atoms with van der Waals surface area (Å²) in [5.74, 6) is -5.00. The van der Waals surface area contributed by atoms with Crippen molar-refractivity contribution < 1.29 is 25.2 Å². The second kappa shape index (κ2) is 12.0. The van der Waals surface area contributed by atoms with Crippen LogP contribution < -0.4 is 5.73 Å². The minimum absolute atomic E-state index is 0.402. The van der Waals surface area contributed by atoms with Gasteiger partial charge < -0.3 is 26.2 Å². The highest BCUT2D eigenvalue weighted by Gasteiger charge is 2.38. The molecular formula is C16H33NO5. The van der Waals surface area contributed by atoms with Crippen molar-refractivity contribution in [3.8, 4) is 0 Å². The molecule has 0 rings (SSSR count). The number of carbonyl (C=O) groups is 1. The summed E-state index contributed by atoms with van der Waals surface area (Å²) in [5, 5.41) is 35.6. The fourth-order valence-electron chi connectivity index (χ4n) is 2.42. The lowest BCUT2D eigenvalue weighted by Gasteiger charge is -2.21. The number of aliphatic hydroxyl groups excluding tert-OH is 1. The van der Waals surface area contributed by atoms with Crippen molar-refractivity contribution >= 4 is 5.78 Å². The molecule has 2 unspecified atom stereocenters. The Hall–Kier alpha value is -0.530. The standard InChI is InChI=1S/C16H33NO5/c1-2-3-4-5-6-7-8-9-10-11-12-13(17)14(18)15(19)16(20,21)22/h13-14,18,20-22H,2-12,17H2,1H3. The molecule has 0 saturated heterocycles. The van der Waals surface area contributed by atoms with Crippen molar-refractivity contribution in [2.45, 2.75) is 95.7 Å². The minimum atomic E-state index is -3.52. The molecule has 0 amide bonds. The fourth-order valence-corrected chi connectivity index (χ4v) is 2.42. The third-order valence-electron chi connectivity index (χ3n) is 3.90. The Labute approximate surface area is 133 Å². The first kappa shape index (κ1) is 21.5. The van der Waals surface area contributed by atoms with E-state index in [0.717, 1.165) is 19.3 Å². The zero-order valence-corrected chi connectivity index (χ0v) is 13.7. The number of ketones is 1. The van der Waals surface area contributed by atoms with Gasteiger partial charge in [-0.2, -0.15) is 0 Å². The van der Waals surface area contributed by atoms with E-state index in [1.807, 2.05) is 0 Å². The van der Waals surface area contributed by atoms with Crippen molar-refractivity contribution in [3.05, 3.63) is 0 Å². The number of hydrogen-bond acceptors (Lipinski definition) is 6. The van der Waals surface area contributed by atoms with Crippen LogP contribution in [0.4, 0.5) is 0 Å². The van der Waals surface area contributed by atoms with Crippen LogP contribution in [0.25, 0.3) is 0 Å². The van der Waals surface area contributed by atoms with Crippen LogP contribution in [0.1, 0.15) is 77.6 Å². The third kappa shape index (κ3) is 10.2. The highest BCUT2D eigenvalue weighted by Crippen LogP contribution is 2.13. The van der Waals surface area contributed by atoms with Crippen LogP contribution in [0.3, 0.4) is 0 Å². The Balaban J connectivity index is 3.57. The number of hydrogen-bond donors (Lipinski definition) is 5. The van der Waals surface area contributed by atoms with Gasteiger partial charge in [0.1, 0.15) is 6.10 Å². The van der Waals surface area contributed by atoms with Gasteiger partial charge in [-0.05, 0) is 6.42 Å². The molecule has 6 N–H and O–H groups in total. The molecule has 0 bridgehead atoms. The smallest absolute Gasteiger partial charge is 0.342 e. The highest BCUT2D eigenvalue weighted by atomic mass is 16.7. The molecule has 0 spiro atoms. The van der Waals surface area contributed by atoms with Gasteiger partial charge in [-0.1, -0.05) is 71.1 Å². The summed E-state index contributed by atoms with van der Waals surface area (Å²) in [5.41, 5.74) is 5.62. The van der Waals surface area contributed by atoms with Gasteiger partial charge in [0.25, 0.3) is 5.78 Å². The molecule has 0 aromatic carbocycles. The summed E-state index contributed by atoms with van der Waals surface area (Å²) in [6.45, 7) is 2.21. The maximum absolute atomic E-state index is 11.2. The van der Waals surface area contributed by atoms with Gasteiger partial charge in [0.2, 0.25) is 0 Å². The lowest BCUT2D eigenvalue weighted by atomic mass is 9.99. The SMILES string of the molecule is CCCCCCCCCCCCC(N)C(O)C(=O)C(O)(O)O. The number of unbranched alkanes of at least 4 members (excludes halogenated alkanes) is 9. The predicted octanol–water partition coefficient (Wildman–Crippen LogP) is 1.19. The van der Waals surface area contributed by atoms with Gasteiger partial charge in [0.05, 0.1) is 0 Å². The first-order valence-corrected chi connectivity index (χ1v) is 8.45. The lowest BCUT2D eigenvalue weighted by Crippen LogP contribution is -2.51. The van der Waals surface area contributed by atoms with Crippen molar-refractivity contribution in [3.63, 3.8) is 0 Å². The maximum Gasteiger partial charge on any atom is 0.342 e. The molecule has 0 radical (unpaired) electrons. The van der Waals surface area contributed by atoms with Gasteiger partial charge in [-0.25, -0.2) is 0 Å². The third-order valence-corrected chi connectivity index (χ3v) is 3.90. The Kier molecular flexibility index (Phi) is 11.7. The molecule has 2 atom stereocenters. The van der Waals surface area contributed by atoms with Crippen molar-refractivity contribution in [2.75, 3.05) is 0 Å². The molecule has 0 aromatic heterocycles. The monoisotopic (exact) mass is 319 g/mol. The van der Waals surface area contributed by atoms with Crippen LogP contribution >= 0.6 is 0 Å². The predicted molar refractivity (Wildman–Crippen MR) is 84.8 cm³/mol. The van der Waals surface area contributed by atoms with Crippen LogP contribution in [0.2, 0.25) is 0 Å². The highest BCUT2D eigenvalue weighted by molar-refractivity contribution is 5.88. The van der Waals surface area contributed by atoms with Gasteiger partial charge in [-0.3, -0.25) is 4.79 Å². The summed E-state index contributed by atoms with van der Waals surface area (Å²) < 4.78 is 0. The molecule has 0 heterocycles. The zero-order chi connectivity index (χ0) is 17.0. The molecule has 22 heavy (non-hydrogen) atoms. The van der Waals surface area contributed by atoms with Crippen molar-refractivity contribution in [2.24, 2.45) is 5.73 Å². The quantitative estimate of drug-likeness (QED) is 0.242. The molecular weight excluding hydrogens is 286 g/mol. The Morgan fingerprint density at radius 3 is 1.73 bits per heavy atom. The molecule has 6 heteroatoms. The average molecular weight is 319 g/mol. The van der Waals surface area contributed by atoms with Gasteiger partial charge in [0.15, 0.2) is 0 Å². The second-order valence-corrected chi connectivity index (χ2v) is 6.08. The van der Waals surface area contributed by atoms with Crippen LogP contribution in [0.15, 0.2) is 0 Å². The van der Waals surface area contributed by atoms with Crippen molar-refractivity contribution in [1.29, 1.82) is 0 Å². The van der Waals surface area contributed by atoms with E-state index in [0.29, 0.717) is 6.42 Å². The number of rotatable bonds is 14. The number of carbonyl (C=O) groups excluding carboxylic acids is 1. The molecule has 0 aliphatic heterocycles. The van der Waals surface area contributed by atoms with E-state index >= 15 is 0 Å². The molecule has 0 saturated carbocycles. The largest absolute Gasteiger partial charge is 0.383 e. The van der Waals surface area contributed by atoms with Crippen LogP contribution in [0, 0.1) is 0 Å². The molecule has 0 aromatic rings. The number of aliphatic hydroxyl groups is 4. The zero-order valence-electron chi connectivity index (χ0n) is 13.7. The lowest BCUT2D eigenvalue weighted by molar-refractivity contribution is -0.291. The van der Waals surface area contributed by atoms with E-state index in [-0.39, 0.29) is 0 Å². The van der Waals surface area contributed by atoms with Gasteiger partial charge in [-0.15, -0.1) is 0 Å². The summed E-state index contributed by atoms with van der Waals surface area (Å²) in [7, 11) is 0. The second-order valence-electron chi connectivity index (χ2n) is 6.08. The van der Waals surface area contributed by atoms with Gasteiger partial charge >= 0.3 is 5.97 Å². The van der Waals surface area contributed by atoms with E-state index in [1.54, 1.807) is 0 Å². The number of nitrogens with two attached hydrogens (primary N) is 1. The summed E-state index contributed by atoms with van der Waals surface area (Å²) in [6.07, 6.45) is 10.3.